The Balaban J connectivity index is 2.90. The van der Waals surface area contributed by atoms with E-state index in [4.69, 9.17) is 11.1 Å². The van der Waals surface area contributed by atoms with Gasteiger partial charge in [0.2, 0.25) is 0 Å². The lowest BCUT2D eigenvalue weighted by Gasteiger charge is -2.01. The summed E-state index contributed by atoms with van der Waals surface area (Å²) in [5, 5.41) is 11.7. The molecule has 0 aliphatic rings. The minimum Gasteiger partial charge on any atom is -0.370 e. The Bertz CT molecular complexity index is 114. The lowest BCUT2D eigenvalue weighted by atomic mass is 10.4. The van der Waals surface area contributed by atoms with Crippen molar-refractivity contribution in [3.05, 3.63) is 0 Å². The largest absolute Gasteiger partial charge is 0.370 e. The summed E-state index contributed by atoms with van der Waals surface area (Å²) in [5.41, 5.74) is 4.98. The number of nitrogens with two attached hydrogens (primary N) is 1. The monoisotopic (exact) mass is 143 g/mol. The van der Waals surface area contributed by atoms with Gasteiger partial charge in [-0.1, -0.05) is 0 Å². The van der Waals surface area contributed by atoms with Crippen LogP contribution in [0.5, 0.6) is 0 Å². The Hall–Kier alpha value is -1.26. The van der Waals surface area contributed by atoms with E-state index >= 15 is 0 Å². The highest BCUT2D eigenvalue weighted by Gasteiger charge is 1.86. The van der Waals surface area contributed by atoms with Gasteiger partial charge in [-0.3, -0.25) is 10.2 Å². The quantitative estimate of drug-likeness (QED) is 0.164. The number of rotatable bonds is 5. The van der Waals surface area contributed by atoms with Crippen LogP contribution in [-0.4, -0.2) is 25.5 Å². The maximum absolute atomic E-state index is 9.58. The van der Waals surface area contributed by atoms with Gasteiger partial charge in [-0.05, 0) is 6.42 Å². The third kappa shape index (κ3) is 6.74. The van der Waals surface area contributed by atoms with Crippen molar-refractivity contribution in [1.82, 2.24) is 10.6 Å². The molecule has 0 aliphatic heterocycles. The molecule has 0 saturated heterocycles. The second-order valence-corrected chi connectivity index (χ2v) is 1.72. The first-order chi connectivity index (χ1) is 4.77. The van der Waals surface area contributed by atoms with Crippen LogP contribution >= 0.6 is 0 Å². The Morgan fingerprint density at radius 3 is 2.80 bits per heavy atom. The second-order valence-electron chi connectivity index (χ2n) is 1.72. The highest BCUT2D eigenvalue weighted by Crippen LogP contribution is 1.69. The lowest BCUT2D eigenvalue weighted by Crippen LogP contribution is -2.32. The van der Waals surface area contributed by atoms with Gasteiger partial charge in [0, 0.05) is 13.1 Å². The van der Waals surface area contributed by atoms with E-state index in [-0.39, 0.29) is 5.96 Å². The standard InChI is InChI=1S/C5H11N4O/c6-5(7)9-3-1-2-8-4-10/h1-3H2,(H,8,10)(H4,6,7,9). The highest BCUT2D eigenvalue weighted by molar-refractivity contribution is 5.74. The molecule has 0 aromatic carbocycles. The Morgan fingerprint density at radius 1 is 1.60 bits per heavy atom. The average Bonchev–Trinajstić information content (AvgIpc) is 1.87. The van der Waals surface area contributed by atoms with Gasteiger partial charge in [0.05, 0.1) is 0 Å². The van der Waals surface area contributed by atoms with Crippen LogP contribution in [0.3, 0.4) is 0 Å². The summed E-state index contributed by atoms with van der Waals surface area (Å²) in [4.78, 5) is 9.58. The number of hydrogen-bond acceptors (Lipinski definition) is 2. The molecule has 0 fully saturated rings. The minimum atomic E-state index is -0.0462. The fourth-order valence-electron chi connectivity index (χ4n) is 0.451. The Kier molecular flexibility index (Phi) is 5.13. The molecule has 0 saturated carbocycles. The van der Waals surface area contributed by atoms with Crippen LogP contribution < -0.4 is 16.4 Å². The van der Waals surface area contributed by atoms with E-state index in [1.807, 2.05) is 0 Å². The van der Waals surface area contributed by atoms with Crippen molar-refractivity contribution in [2.24, 2.45) is 5.73 Å². The van der Waals surface area contributed by atoms with E-state index in [1.165, 1.54) is 0 Å². The van der Waals surface area contributed by atoms with Gasteiger partial charge in [-0.25, -0.2) is 0 Å². The molecule has 0 bridgehead atoms. The van der Waals surface area contributed by atoms with Crippen molar-refractivity contribution >= 4 is 12.4 Å². The van der Waals surface area contributed by atoms with E-state index in [1.54, 1.807) is 6.41 Å². The Labute approximate surface area is 59.5 Å². The van der Waals surface area contributed by atoms with E-state index in [9.17, 15) is 4.79 Å². The van der Waals surface area contributed by atoms with Crippen LogP contribution in [0, 0.1) is 5.41 Å². The molecule has 0 rings (SSSR count). The summed E-state index contributed by atoms with van der Waals surface area (Å²) in [7, 11) is 0. The normalized spacial score (nSPS) is 8.40. The number of carbonyl (C=O) groups excluding carboxylic acids is 1. The molecule has 1 amide bonds. The molecule has 0 atom stereocenters. The summed E-state index contributed by atoms with van der Waals surface area (Å²) in [5.74, 6) is -0.0462. The zero-order valence-corrected chi connectivity index (χ0v) is 5.61. The number of hydrogen-bond donors (Lipinski definition) is 4. The predicted octanol–water partition coefficient (Wildman–Crippen LogP) is -1.48. The zero-order valence-electron chi connectivity index (χ0n) is 5.61. The van der Waals surface area contributed by atoms with Crippen LogP contribution in [0.25, 0.3) is 0 Å². The van der Waals surface area contributed by atoms with Gasteiger partial charge in [0.25, 0.3) is 0 Å². The Morgan fingerprint density at radius 2 is 2.30 bits per heavy atom. The third-order valence-corrected chi connectivity index (χ3v) is 0.866. The predicted molar refractivity (Wildman–Crippen MR) is 38.2 cm³/mol. The maximum atomic E-state index is 9.58. The molecule has 0 aromatic heterocycles. The fraction of sp³-hybridized carbons (Fsp3) is 0.600. The molecule has 5 nitrogen and oxygen atoms in total. The summed E-state index contributed by atoms with van der Waals surface area (Å²) >= 11 is 0. The van der Waals surface area contributed by atoms with E-state index in [0.29, 0.717) is 13.1 Å². The molecule has 1 radical (unpaired) electrons. The van der Waals surface area contributed by atoms with Crippen LogP contribution in [0.15, 0.2) is 0 Å². The van der Waals surface area contributed by atoms with Gasteiger partial charge in [0.15, 0.2) is 5.96 Å². The molecular formula is C5H11N4O. The molecular weight excluding hydrogens is 132 g/mol. The number of amides is 1. The van der Waals surface area contributed by atoms with Gasteiger partial charge in [-0.2, -0.15) is 0 Å². The van der Waals surface area contributed by atoms with Gasteiger partial charge < -0.3 is 16.4 Å². The zero-order chi connectivity index (χ0) is 7.82. The number of nitrogens with one attached hydrogen (secondary N) is 3. The maximum Gasteiger partial charge on any atom is 0.309 e. The molecule has 0 unspecified atom stereocenters. The molecule has 5 N–H and O–H groups in total. The number of guanidine groups is 1. The van der Waals surface area contributed by atoms with Crippen LogP contribution in [0.4, 0.5) is 0 Å². The van der Waals surface area contributed by atoms with Gasteiger partial charge in [-0.15, -0.1) is 0 Å². The summed E-state index contributed by atoms with van der Waals surface area (Å²) < 4.78 is 0. The molecule has 0 aliphatic carbocycles. The van der Waals surface area contributed by atoms with Crippen molar-refractivity contribution in [3.8, 4) is 0 Å². The van der Waals surface area contributed by atoms with E-state index in [0.717, 1.165) is 6.42 Å². The van der Waals surface area contributed by atoms with Crippen LogP contribution in [-0.2, 0) is 4.79 Å². The average molecular weight is 143 g/mol. The molecule has 0 spiro atoms. The molecule has 57 valence electrons. The molecule has 5 heteroatoms. The topological polar surface area (TPSA) is 91.0 Å². The highest BCUT2D eigenvalue weighted by atomic mass is 16.1. The second kappa shape index (κ2) is 5.87. The van der Waals surface area contributed by atoms with Gasteiger partial charge in [0.1, 0.15) is 0 Å². The molecule has 0 aromatic rings. The molecule has 0 heterocycles. The smallest absolute Gasteiger partial charge is 0.309 e. The first-order valence-electron chi connectivity index (χ1n) is 2.95. The van der Waals surface area contributed by atoms with Crippen LogP contribution in [0.1, 0.15) is 6.42 Å². The summed E-state index contributed by atoms with van der Waals surface area (Å²) in [6.07, 6.45) is 2.29. The fourth-order valence-corrected chi connectivity index (χ4v) is 0.451. The van der Waals surface area contributed by atoms with Gasteiger partial charge >= 0.3 is 6.41 Å². The van der Waals surface area contributed by atoms with Crippen molar-refractivity contribution in [3.63, 3.8) is 0 Å². The first-order valence-corrected chi connectivity index (χ1v) is 2.95. The molecule has 10 heavy (non-hydrogen) atoms. The SMILES string of the molecule is N=C(N)NCCCN[C]=O. The van der Waals surface area contributed by atoms with Crippen LogP contribution in [0.2, 0.25) is 0 Å². The minimum absolute atomic E-state index is 0.0462. The van der Waals surface area contributed by atoms with Crippen molar-refractivity contribution in [1.29, 1.82) is 5.41 Å². The van der Waals surface area contributed by atoms with Crippen molar-refractivity contribution in [2.75, 3.05) is 13.1 Å². The third-order valence-electron chi connectivity index (χ3n) is 0.866. The lowest BCUT2D eigenvalue weighted by molar-refractivity contribution is 0.540. The first kappa shape index (κ1) is 8.74. The summed E-state index contributed by atoms with van der Waals surface area (Å²) in [6.45, 7) is 1.16. The van der Waals surface area contributed by atoms with E-state index in [2.05, 4.69) is 10.6 Å². The van der Waals surface area contributed by atoms with Crippen molar-refractivity contribution in [2.45, 2.75) is 6.42 Å². The summed E-state index contributed by atoms with van der Waals surface area (Å²) in [6, 6.07) is 0. The van der Waals surface area contributed by atoms with Crippen molar-refractivity contribution < 1.29 is 4.79 Å². The van der Waals surface area contributed by atoms with E-state index < -0.39 is 0 Å².